The Morgan fingerprint density at radius 3 is 2.26 bits per heavy atom. The fourth-order valence-corrected chi connectivity index (χ4v) is 7.72. The van der Waals surface area contributed by atoms with Crippen molar-refractivity contribution < 1.29 is 4.74 Å². The Balaban J connectivity index is 1.29. The summed E-state index contributed by atoms with van der Waals surface area (Å²) < 4.78 is 6.55. The van der Waals surface area contributed by atoms with Gasteiger partial charge in [0, 0.05) is 39.1 Å². The Bertz CT molecular complexity index is 2210. The van der Waals surface area contributed by atoms with Crippen LogP contribution >= 0.6 is 0 Å². The standard InChI is InChI=1S/C40H30N2O/c1-6-22-40(23-7-1)32-12-4-5-13-35(32)43-36-21-18-29(25-33(36)40)31-19-16-26-9-2-3-11-30(26)37(31)34-20-17-28-15-14-27-10-8-24-41-38(27)39(28)42-34/h2-5,8-21,24-25H,1,6-7,22-23H2. The molecule has 7 aromatic rings. The molecule has 3 nitrogen and oxygen atoms in total. The van der Waals surface area contributed by atoms with Crippen molar-refractivity contribution in [2.45, 2.75) is 37.5 Å². The van der Waals surface area contributed by atoms with Crippen molar-refractivity contribution >= 4 is 32.6 Å². The lowest BCUT2D eigenvalue weighted by molar-refractivity contribution is 0.306. The summed E-state index contributed by atoms with van der Waals surface area (Å²) in [6.07, 6.45) is 7.94. The number of hydrogen-bond donors (Lipinski definition) is 0. The highest BCUT2D eigenvalue weighted by Crippen LogP contribution is 2.55. The van der Waals surface area contributed by atoms with Crippen LogP contribution in [0.3, 0.4) is 0 Å². The summed E-state index contributed by atoms with van der Waals surface area (Å²) in [6.45, 7) is 0. The van der Waals surface area contributed by atoms with Gasteiger partial charge in [0.2, 0.25) is 0 Å². The minimum atomic E-state index is -0.0127. The van der Waals surface area contributed by atoms with Crippen LogP contribution in [-0.2, 0) is 5.41 Å². The summed E-state index contributed by atoms with van der Waals surface area (Å²) in [6, 6.07) is 41.4. The van der Waals surface area contributed by atoms with Crippen molar-refractivity contribution in [3.8, 4) is 33.9 Å². The maximum Gasteiger partial charge on any atom is 0.131 e. The summed E-state index contributed by atoms with van der Waals surface area (Å²) in [5.74, 6) is 2.00. The van der Waals surface area contributed by atoms with Crippen molar-refractivity contribution in [2.24, 2.45) is 0 Å². The van der Waals surface area contributed by atoms with Crippen molar-refractivity contribution in [2.75, 3.05) is 0 Å². The lowest BCUT2D eigenvalue weighted by Gasteiger charge is -2.43. The minimum Gasteiger partial charge on any atom is -0.457 e. The average Bonchev–Trinajstić information content (AvgIpc) is 3.08. The molecule has 0 radical (unpaired) electrons. The van der Waals surface area contributed by atoms with Crippen molar-refractivity contribution in [3.05, 3.63) is 133 Å². The summed E-state index contributed by atoms with van der Waals surface area (Å²) in [7, 11) is 0. The molecule has 1 aliphatic heterocycles. The largest absolute Gasteiger partial charge is 0.457 e. The zero-order valence-corrected chi connectivity index (χ0v) is 23.9. The fraction of sp³-hybridized carbons (Fsp3) is 0.150. The molecule has 1 fully saturated rings. The first kappa shape index (κ1) is 24.6. The van der Waals surface area contributed by atoms with Gasteiger partial charge >= 0.3 is 0 Å². The number of rotatable bonds is 2. The van der Waals surface area contributed by atoms with Gasteiger partial charge in [-0.1, -0.05) is 104 Å². The quantitative estimate of drug-likeness (QED) is 0.199. The first-order valence-corrected chi connectivity index (χ1v) is 15.4. The zero-order chi connectivity index (χ0) is 28.4. The Kier molecular flexibility index (Phi) is 5.43. The second-order valence-electron chi connectivity index (χ2n) is 12.1. The number of benzene rings is 5. The van der Waals surface area contributed by atoms with Crippen LogP contribution in [0, 0.1) is 0 Å². The molecule has 2 aliphatic rings. The van der Waals surface area contributed by atoms with Gasteiger partial charge in [0.25, 0.3) is 0 Å². The first-order valence-electron chi connectivity index (χ1n) is 15.4. The second kappa shape index (κ2) is 9.50. The predicted molar refractivity (Wildman–Crippen MR) is 176 cm³/mol. The van der Waals surface area contributed by atoms with Crippen molar-refractivity contribution in [1.82, 2.24) is 9.97 Å². The van der Waals surface area contributed by atoms with Gasteiger partial charge in [-0.2, -0.15) is 0 Å². The Hall–Kier alpha value is -5.02. The van der Waals surface area contributed by atoms with E-state index in [1.165, 1.54) is 52.3 Å². The van der Waals surface area contributed by atoms with E-state index in [4.69, 9.17) is 14.7 Å². The van der Waals surface area contributed by atoms with Gasteiger partial charge in [-0.3, -0.25) is 4.98 Å². The third kappa shape index (κ3) is 3.74. The molecule has 0 N–H and O–H groups in total. The number of aromatic nitrogens is 2. The minimum absolute atomic E-state index is 0.0127. The van der Waals surface area contributed by atoms with Crippen LogP contribution in [0.1, 0.15) is 43.2 Å². The Morgan fingerprint density at radius 1 is 0.581 bits per heavy atom. The van der Waals surface area contributed by atoms with E-state index in [2.05, 4.69) is 109 Å². The van der Waals surface area contributed by atoms with Crippen LogP contribution in [-0.4, -0.2) is 9.97 Å². The maximum atomic E-state index is 6.55. The van der Waals surface area contributed by atoms with E-state index in [9.17, 15) is 0 Å². The van der Waals surface area contributed by atoms with E-state index in [1.54, 1.807) is 0 Å². The van der Waals surface area contributed by atoms with Crippen LogP contribution < -0.4 is 4.74 Å². The van der Waals surface area contributed by atoms with Crippen molar-refractivity contribution in [3.63, 3.8) is 0 Å². The highest BCUT2D eigenvalue weighted by atomic mass is 16.5. The van der Waals surface area contributed by atoms with Crippen LogP contribution in [0.2, 0.25) is 0 Å². The number of hydrogen-bond acceptors (Lipinski definition) is 3. The molecule has 0 atom stereocenters. The van der Waals surface area contributed by atoms with Gasteiger partial charge in [0.15, 0.2) is 0 Å². The first-order chi connectivity index (χ1) is 21.3. The molecule has 43 heavy (non-hydrogen) atoms. The zero-order valence-electron chi connectivity index (χ0n) is 23.9. The van der Waals surface area contributed by atoms with Crippen LogP contribution in [0.4, 0.5) is 0 Å². The number of fused-ring (bicyclic) bond motifs is 8. The van der Waals surface area contributed by atoms with E-state index < -0.39 is 0 Å². The monoisotopic (exact) mass is 554 g/mol. The molecule has 1 aliphatic carbocycles. The summed E-state index contributed by atoms with van der Waals surface area (Å²) in [5, 5.41) is 4.61. The predicted octanol–water partition coefficient (Wildman–Crippen LogP) is 10.6. The molecule has 5 aromatic carbocycles. The van der Waals surface area contributed by atoms with Gasteiger partial charge in [-0.15, -0.1) is 0 Å². The Labute approximate surface area is 250 Å². The van der Waals surface area contributed by atoms with Gasteiger partial charge in [-0.05, 0) is 65.1 Å². The van der Waals surface area contributed by atoms with Crippen LogP contribution in [0.25, 0.3) is 55.0 Å². The smallest absolute Gasteiger partial charge is 0.131 e. The van der Waals surface area contributed by atoms with E-state index >= 15 is 0 Å². The Morgan fingerprint density at radius 2 is 1.33 bits per heavy atom. The van der Waals surface area contributed by atoms with E-state index in [1.807, 2.05) is 12.3 Å². The maximum absolute atomic E-state index is 6.55. The molecule has 3 heterocycles. The molecule has 0 bridgehead atoms. The molecular weight excluding hydrogens is 524 g/mol. The van der Waals surface area contributed by atoms with E-state index in [-0.39, 0.29) is 5.41 Å². The molecule has 2 aromatic heterocycles. The molecule has 1 saturated carbocycles. The van der Waals surface area contributed by atoms with E-state index in [0.29, 0.717) is 0 Å². The van der Waals surface area contributed by atoms with Gasteiger partial charge in [0.1, 0.15) is 11.5 Å². The number of nitrogens with zero attached hydrogens (tertiary/aromatic N) is 2. The number of para-hydroxylation sites is 1. The van der Waals surface area contributed by atoms with Crippen molar-refractivity contribution in [1.29, 1.82) is 0 Å². The van der Waals surface area contributed by atoms with E-state index in [0.717, 1.165) is 57.4 Å². The topological polar surface area (TPSA) is 35.0 Å². The normalized spacial score (nSPS) is 15.3. The third-order valence-electron chi connectivity index (χ3n) is 9.75. The lowest BCUT2D eigenvalue weighted by atomic mass is 9.63. The SMILES string of the molecule is c1ccc2c(c1)Oc1ccc(-c3ccc4ccccc4c3-c3ccc4ccc5cccnc5c4n3)cc1C21CCCCC1. The van der Waals surface area contributed by atoms with Gasteiger partial charge < -0.3 is 4.74 Å². The molecular formula is C40H30N2O. The molecule has 3 heteroatoms. The molecule has 206 valence electrons. The highest BCUT2D eigenvalue weighted by Gasteiger charge is 2.43. The van der Waals surface area contributed by atoms with Crippen LogP contribution in [0.5, 0.6) is 11.5 Å². The molecule has 0 unspecified atom stereocenters. The lowest BCUT2D eigenvalue weighted by Crippen LogP contribution is -2.33. The molecule has 0 saturated heterocycles. The molecule has 9 rings (SSSR count). The fourth-order valence-electron chi connectivity index (χ4n) is 7.72. The third-order valence-corrected chi connectivity index (χ3v) is 9.75. The number of pyridine rings is 2. The van der Waals surface area contributed by atoms with Crippen LogP contribution in [0.15, 0.2) is 121 Å². The molecule has 1 spiro atoms. The summed E-state index contributed by atoms with van der Waals surface area (Å²) >= 11 is 0. The van der Waals surface area contributed by atoms with Gasteiger partial charge in [0.05, 0.1) is 16.7 Å². The average molecular weight is 555 g/mol. The molecule has 0 amide bonds. The number of ether oxygens (including phenoxy) is 1. The second-order valence-corrected chi connectivity index (χ2v) is 12.1. The highest BCUT2D eigenvalue weighted by molar-refractivity contribution is 6.07. The summed E-state index contributed by atoms with van der Waals surface area (Å²) in [4.78, 5) is 10.0. The summed E-state index contributed by atoms with van der Waals surface area (Å²) in [5.41, 5.74) is 9.03. The van der Waals surface area contributed by atoms with Gasteiger partial charge in [-0.25, -0.2) is 4.98 Å².